The summed E-state index contributed by atoms with van der Waals surface area (Å²) in [4.78, 5) is 0. The number of methoxy groups -OCH3 is 2. The van der Waals surface area contributed by atoms with E-state index in [2.05, 4.69) is 22.8 Å². The van der Waals surface area contributed by atoms with Gasteiger partial charge in [-0.3, -0.25) is 0 Å². The van der Waals surface area contributed by atoms with Crippen LogP contribution in [0.5, 0.6) is 11.5 Å². The van der Waals surface area contributed by atoms with E-state index < -0.39 is 0 Å². The Kier molecular flexibility index (Phi) is 3.10. The zero-order chi connectivity index (χ0) is 16.8. The molecule has 4 rings (SSSR count). The van der Waals surface area contributed by atoms with Crippen LogP contribution in [-0.4, -0.2) is 18.8 Å². The molecule has 0 aliphatic rings. The van der Waals surface area contributed by atoms with Gasteiger partial charge in [-0.1, -0.05) is 18.2 Å². The normalized spacial score (nSPS) is 11.1. The molecular formula is C20H16N2O2. The molecule has 0 saturated heterocycles. The maximum Gasteiger partial charge on any atom is 0.161 e. The minimum atomic E-state index is 0.659. The highest BCUT2D eigenvalue weighted by molar-refractivity contribution is 6.20. The van der Waals surface area contributed by atoms with Gasteiger partial charge in [-0.25, -0.2) is 0 Å². The van der Waals surface area contributed by atoms with E-state index in [1.54, 1.807) is 14.2 Å². The van der Waals surface area contributed by atoms with Crippen LogP contribution in [0.3, 0.4) is 0 Å². The smallest absolute Gasteiger partial charge is 0.161 e. The predicted octanol–water partition coefficient (Wildman–Crippen LogP) is 4.37. The van der Waals surface area contributed by atoms with Gasteiger partial charge < -0.3 is 14.0 Å². The Balaban J connectivity index is 2.31. The fraction of sp³-hybridized carbons (Fsp3) is 0.150. The summed E-state index contributed by atoms with van der Waals surface area (Å²) in [5.41, 5.74) is 2.80. The summed E-state index contributed by atoms with van der Waals surface area (Å²) < 4.78 is 13.0. The number of aromatic nitrogens is 1. The maximum absolute atomic E-state index is 9.68. The summed E-state index contributed by atoms with van der Waals surface area (Å²) in [7, 11) is 5.28. The molecule has 0 spiro atoms. The molecule has 0 amide bonds. The Morgan fingerprint density at radius 3 is 2.38 bits per heavy atom. The molecule has 0 bridgehead atoms. The molecule has 0 aliphatic heterocycles. The number of nitrogens with zero attached hydrogens (tertiary/aromatic N) is 2. The number of aryl methyl sites for hydroxylation is 1. The Morgan fingerprint density at radius 2 is 1.67 bits per heavy atom. The van der Waals surface area contributed by atoms with Crippen molar-refractivity contribution in [3.8, 4) is 17.6 Å². The van der Waals surface area contributed by atoms with Crippen molar-refractivity contribution in [2.45, 2.75) is 0 Å². The van der Waals surface area contributed by atoms with Crippen LogP contribution in [0.1, 0.15) is 5.56 Å². The Labute approximate surface area is 139 Å². The second kappa shape index (κ2) is 5.17. The number of hydrogen-bond donors (Lipinski definition) is 0. The minimum Gasteiger partial charge on any atom is -0.493 e. The van der Waals surface area contributed by atoms with E-state index in [1.165, 1.54) is 0 Å². The summed E-state index contributed by atoms with van der Waals surface area (Å²) in [5, 5.41) is 13.7. The van der Waals surface area contributed by atoms with Crippen molar-refractivity contribution in [1.82, 2.24) is 4.57 Å². The lowest BCUT2D eigenvalue weighted by Crippen LogP contribution is -1.93. The van der Waals surface area contributed by atoms with E-state index in [0.29, 0.717) is 17.1 Å². The molecule has 0 saturated carbocycles. The molecule has 1 heterocycles. The summed E-state index contributed by atoms with van der Waals surface area (Å²) in [5.74, 6) is 1.34. The van der Waals surface area contributed by atoms with Gasteiger partial charge in [0.15, 0.2) is 11.5 Å². The third kappa shape index (κ3) is 1.79. The topological polar surface area (TPSA) is 47.2 Å². The molecule has 1 aromatic heterocycles. The van der Waals surface area contributed by atoms with E-state index >= 15 is 0 Å². The lowest BCUT2D eigenvalue weighted by Gasteiger charge is -2.11. The zero-order valence-corrected chi connectivity index (χ0v) is 13.8. The average molecular weight is 316 g/mol. The van der Waals surface area contributed by atoms with Gasteiger partial charge in [-0.2, -0.15) is 5.26 Å². The van der Waals surface area contributed by atoms with Crippen molar-refractivity contribution in [2.75, 3.05) is 14.2 Å². The first-order valence-corrected chi connectivity index (χ1v) is 7.65. The lowest BCUT2D eigenvalue weighted by atomic mass is 10.00. The summed E-state index contributed by atoms with van der Waals surface area (Å²) in [6.45, 7) is 0. The van der Waals surface area contributed by atoms with Crippen LogP contribution in [0.25, 0.3) is 32.6 Å². The molecule has 0 fully saturated rings. The molecule has 0 aliphatic carbocycles. The number of ether oxygens (including phenoxy) is 2. The molecular weight excluding hydrogens is 300 g/mol. The van der Waals surface area contributed by atoms with Gasteiger partial charge in [0.1, 0.15) is 0 Å². The molecule has 4 aromatic rings. The van der Waals surface area contributed by atoms with Crippen LogP contribution >= 0.6 is 0 Å². The monoisotopic (exact) mass is 316 g/mol. The summed E-state index contributed by atoms with van der Waals surface area (Å²) in [6, 6.07) is 16.3. The standard InChI is InChI=1S/C20H16N2O2/c1-22-16-7-5-4-6-14(16)19-13(11-21)8-12-9-17(23-2)18(24-3)10-15(12)20(19)22/h4-10H,1-3H3. The number of fused-ring (bicyclic) bond motifs is 5. The molecule has 4 heteroatoms. The molecule has 0 unspecified atom stereocenters. The number of benzene rings is 3. The van der Waals surface area contributed by atoms with Crippen LogP contribution in [-0.2, 0) is 7.05 Å². The Morgan fingerprint density at radius 1 is 0.958 bits per heavy atom. The highest BCUT2D eigenvalue weighted by Gasteiger charge is 2.17. The highest BCUT2D eigenvalue weighted by atomic mass is 16.5. The number of nitriles is 1. The largest absolute Gasteiger partial charge is 0.493 e. The van der Waals surface area contributed by atoms with Gasteiger partial charge >= 0.3 is 0 Å². The van der Waals surface area contributed by atoms with Crippen molar-refractivity contribution in [1.29, 1.82) is 5.26 Å². The minimum absolute atomic E-state index is 0.659. The molecule has 118 valence electrons. The van der Waals surface area contributed by atoms with Gasteiger partial charge in [0.25, 0.3) is 0 Å². The van der Waals surface area contributed by atoms with Crippen LogP contribution < -0.4 is 9.47 Å². The first-order chi connectivity index (χ1) is 11.7. The third-order valence-corrected chi connectivity index (χ3v) is 4.61. The van der Waals surface area contributed by atoms with Gasteiger partial charge in [0.2, 0.25) is 0 Å². The lowest BCUT2D eigenvalue weighted by molar-refractivity contribution is 0.356. The molecule has 4 nitrogen and oxygen atoms in total. The van der Waals surface area contributed by atoms with Crippen LogP contribution in [0.15, 0.2) is 42.5 Å². The van der Waals surface area contributed by atoms with Crippen molar-refractivity contribution < 1.29 is 9.47 Å². The van der Waals surface area contributed by atoms with Crippen molar-refractivity contribution in [3.05, 3.63) is 48.0 Å². The highest BCUT2D eigenvalue weighted by Crippen LogP contribution is 2.40. The number of hydrogen-bond acceptors (Lipinski definition) is 3. The van der Waals surface area contributed by atoms with E-state index in [0.717, 1.165) is 32.6 Å². The predicted molar refractivity (Wildman–Crippen MR) is 95.8 cm³/mol. The molecule has 0 atom stereocenters. The first-order valence-electron chi connectivity index (χ1n) is 7.65. The maximum atomic E-state index is 9.68. The van der Waals surface area contributed by atoms with Crippen molar-refractivity contribution >= 4 is 32.6 Å². The second-order valence-electron chi connectivity index (χ2n) is 5.76. The van der Waals surface area contributed by atoms with Gasteiger partial charge in [-0.05, 0) is 29.7 Å². The van der Waals surface area contributed by atoms with Crippen molar-refractivity contribution in [2.24, 2.45) is 7.05 Å². The SMILES string of the molecule is COc1cc2cc(C#N)c3c4ccccc4n(C)c3c2cc1OC. The molecule has 0 N–H and O–H groups in total. The van der Waals surface area contributed by atoms with Crippen molar-refractivity contribution in [3.63, 3.8) is 0 Å². The van der Waals surface area contributed by atoms with Crippen LogP contribution in [0, 0.1) is 11.3 Å². The molecule has 3 aromatic carbocycles. The average Bonchev–Trinajstić information content (AvgIpc) is 2.93. The second-order valence-corrected chi connectivity index (χ2v) is 5.76. The fourth-order valence-electron chi connectivity index (χ4n) is 3.52. The van der Waals surface area contributed by atoms with E-state index in [-0.39, 0.29) is 0 Å². The third-order valence-electron chi connectivity index (χ3n) is 4.61. The quantitative estimate of drug-likeness (QED) is 0.551. The molecule has 24 heavy (non-hydrogen) atoms. The summed E-state index contributed by atoms with van der Waals surface area (Å²) >= 11 is 0. The Hall–Kier alpha value is -3.19. The number of rotatable bonds is 2. The molecule has 0 radical (unpaired) electrons. The van der Waals surface area contributed by atoms with Gasteiger partial charge in [0.05, 0.1) is 31.4 Å². The summed E-state index contributed by atoms with van der Waals surface area (Å²) in [6.07, 6.45) is 0. The van der Waals surface area contributed by atoms with Gasteiger partial charge in [0, 0.05) is 28.7 Å². The van der Waals surface area contributed by atoms with Crippen LogP contribution in [0.2, 0.25) is 0 Å². The first kappa shape index (κ1) is 14.4. The van der Waals surface area contributed by atoms with E-state index in [9.17, 15) is 5.26 Å². The fourth-order valence-corrected chi connectivity index (χ4v) is 3.52. The number of para-hydroxylation sites is 1. The Bertz CT molecular complexity index is 1150. The van der Waals surface area contributed by atoms with Gasteiger partial charge in [-0.15, -0.1) is 0 Å². The zero-order valence-electron chi connectivity index (χ0n) is 13.8. The van der Waals surface area contributed by atoms with E-state index in [1.807, 2.05) is 37.4 Å². The van der Waals surface area contributed by atoms with E-state index in [4.69, 9.17) is 9.47 Å². The van der Waals surface area contributed by atoms with Crippen LogP contribution in [0.4, 0.5) is 0 Å².